The molecule has 0 aliphatic rings. The molecular formula is C31H32N4O5S. The van der Waals surface area contributed by atoms with Crippen molar-refractivity contribution in [2.24, 2.45) is 0 Å². The second-order valence-electron chi connectivity index (χ2n) is 10.7. The monoisotopic (exact) mass is 572 g/mol. The third-order valence-electron chi connectivity index (χ3n) is 6.62. The van der Waals surface area contributed by atoms with Crippen LogP contribution in [0.3, 0.4) is 0 Å². The zero-order valence-corrected chi connectivity index (χ0v) is 23.9. The maximum absolute atomic E-state index is 14.0. The molecule has 4 aromatic rings. The van der Waals surface area contributed by atoms with Crippen LogP contribution in [0.2, 0.25) is 0 Å². The average Bonchev–Trinajstić information content (AvgIpc) is 3.43. The molecule has 41 heavy (non-hydrogen) atoms. The molecule has 0 aliphatic heterocycles. The van der Waals surface area contributed by atoms with Gasteiger partial charge in [0.05, 0.1) is 16.7 Å². The maximum Gasteiger partial charge on any atom is 0.408 e. The van der Waals surface area contributed by atoms with E-state index < -0.39 is 34.5 Å². The van der Waals surface area contributed by atoms with E-state index in [1.807, 2.05) is 66.0 Å². The number of hydrogen-bond donors (Lipinski definition) is 2. The van der Waals surface area contributed by atoms with Crippen molar-refractivity contribution in [3.63, 3.8) is 0 Å². The number of amides is 2. The second kappa shape index (κ2) is 12.7. The van der Waals surface area contributed by atoms with E-state index in [1.165, 1.54) is 28.4 Å². The van der Waals surface area contributed by atoms with Crippen LogP contribution in [0.4, 0.5) is 10.5 Å². The van der Waals surface area contributed by atoms with Gasteiger partial charge in [0, 0.05) is 35.0 Å². The summed E-state index contributed by atoms with van der Waals surface area (Å²) in [7, 11) is 0. The number of thiazole rings is 1. The van der Waals surface area contributed by atoms with Crippen LogP contribution in [0, 0.1) is 10.1 Å². The van der Waals surface area contributed by atoms with E-state index in [2.05, 4.69) is 5.32 Å². The lowest BCUT2D eigenvalue weighted by molar-refractivity contribution is -0.384. The van der Waals surface area contributed by atoms with Gasteiger partial charge in [0.15, 0.2) is 0 Å². The number of non-ortho nitro benzene ring substituents is 1. The molecule has 0 saturated carbocycles. The van der Waals surface area contributed by atoms with Crippen LogP contribution in [-0.2, 0) is 17.6 Å². The largest absolute Gasteiger partial charge is 0.465 e. The Morgan fingerprint density at radius 3 is 2.10 bits per heavy atom. The van der Waals surface area contributed by atoms with E-state index >= 15 is 0 Å². The Bertz CT molecular complexity index is 1480. The molecule has 0 unspecified atom stereocenters. The zero-order chi connectivity index (χ0) is 29.6. The van der Waals surface area contributed by atoms with Gasteiger partial charge in [-0.1, -0.05) is 72.8 Å². The Labute approximate surface area is 242 Å². The number of benzene rings is 3. The summed E-state index contributed by atoms with van der Waals surface area (Å²) in [6, 6.07) is 23.5. The van der Waals surface area contributed by atoms with Crippen molar-refractivity contribution in [2.75, 3.05) is 0 Å². The normalized spacial score (nSPS) is 12.8. The zero-order valence-electron chi connectivity index (χ0n) is 23.1. The van der Waals surface area contributed by atoms with Gasteiger partial charge in [-0.2, -0.15) is 0 Å². The van der Waals surface area contributed by atoms with E-state index in [0.29, 0.717) is 12.1 Å². The Kier molecular flexibility index (Phi) is 9.14. The number of aromatic nitrogens is 1. The molecule has 0 saturated heterocycles. The van der Waals surface area contributed by atoms with Crippen molar-refractivity contribution in [3.8, 4) is 10.6 Å². The van der Waals surface area contributed by atoms with Crippen LogP contribution in [0.15, 0.2) is 90.3 Å². The summed E-state index contributed by atoms with van der Waals surface area (Å²) in [5, 5.41) is 27.1. The number of nitro groups is 1. The number of hydrogen-bond acceptors (Lipinski definition) is 6. The van der Waals surface area contributed by atoms with Gasteiger partial charge in [0.2, 0.25) is 5.91 Å². The lowest BCUT2D eigenvalue weighted by atomic mass is 9.97. The molecule has 0 spiro atoms. The van der Waals surface area contributed by atoms with Crippen LogP contribution in [0.5, 0.6) is 0 Å². The number of carbonyl (C=O) groups excluding carboxylic acids is 1. The van der Waals surface area contributed by atoms with E-state index in [4.69, 9.17) is 4.98 Å². The molecule has 0 bridgehead atoms. The Morgan fingerprint density at radius 1 is 0.951 bits per heavy atom. The first kappa shape index (κ1) is 29.4. The van der Waals surface area contributed by atoms with Crippen LogP contribution in [-0.4, -0.2) is 43.5 Å². The summed E-state index contributed by atoms with van der Waals surface area (Å²) in [5.41, 5.74) is 2.28. The number of rotatable bonds is 10. The molecule has 3 aromatic carbocycles. The minimum absolute atomic E-state index is 0.0282. The van der Waals surface area contributed by atoms with Gasteiger partial charge in [-0.3, -0.25) is 19.8 Å². The molecule has 2 amide bonds. The Hall–Kier alpha value is -4.57. The lowest BCUT2D eigenvalue weighted by Crippen LogP contribution is -2.58. The Morgan fingerprint density at radius 2 is 1.54 bits per heavy atom. The van der Waals surface area contributed by atoms with Gasteiger partial charge in [-0.25, -0.2) is 9.78 Å². The Balaban J connectivity index is 1.69. The van der Waals surface area contributed by atoms with Gasteiger partial charge in [0.25, 0.3) is 5.69 Å². The van der Waals surface area contributed by atoms with Crippen molar-refractivity contribution < 1.29 is 19.6 Å². The highest BCUT2D eigenvalue weighted by molar-refractivity contribution is 7.13. The predicted molar refractivity (Wildman–Crippen MR) is 159 cm³/mol. The van der Waals surface area contributed by atoms with Gasteiger partial charge < -0.3 is 10.4 Å². The van der Waals surface area contributed by atoms with Gasteiger partial charge in [-0.15, -0.1) is 11.3 Å². The third-order valence-corrected chi connectivity index (χ3v) is 7.53. The standard InChI is InChI=1S/C31H32N4O5S/c1-31(2,3)34(30(37)38)27(19-21-10-6-4-7-11-21)28(36)32-25(18-22-14-16-24(17-15-22)35(39)40)26-20-41-29(33-26)23-12-8-5-9-13-23/h4-17,20,25,27H,18-19H2,1-3H3,(H,32,36)(H,37,38)/t25-,27-/m0/s1. The van der Waals surface area contributed by atoms with E-state index in [0.717, 1.165) is 21.7 Å². The molecule has 0 fully saturated rings. The third kappa shape index (κ3) is 7.55. The average molecular weight is 573 g/mol. The molecule has 212 valence electrons. The van der Waals surface area contributed by atoms with E-state index in [9.17, 15) is 24.8 Å². The van der Waals surface area contributed by atoms with E-state index in [1.54, 1.807) is 32.9 Å². The minimum atomic E-state index is -1.19. The fourth-order valence-corrected chi connectivity index (χ4v) is 5.55. The quantitative estimate of drug-likeness (QED) is 0.165. The lowest BCUT2D eigenvalue weighted by Gasteiger charge is -2.39. The summed E-state index contributed by atoms with van der Waals surface area (Å²) in [6.07, 6.45) is -0.699. The van der Waals surface area contributed by atoms with Crippen LogP contribution in [0.1, 0.15) is 43.6 Å². The molecule has 1 aromatic heterocycles. The van der Waals surface area contributed by atoms with Crippen molar-refractivity contribution in [1.29, 1.82) is 0 Å². The first-order chi connectivity index (χ1) is 19.5. The number of nitro benzene ring substituents is 1. The summed E-state index contributed by atoms with van der Waals surface area (Å²) < 4.78 is 0. The summed E-state index contributed by atoms with van der Waals surface area (Å²) in [5.74, 6) is -0.452. The second-order valence-corrected chi connectivity index (χ2v) is 11.5. The number of nitrogens with one attached hydrogen (secondary N) is 1. The van der Waals surface area contributed by atoms with Crippen molar-refractivity contribution in [3.05, 3.63) is 117 Å². The maximum atomic E-state index is 14.0. The molecule has 0 aliphatic carbocycles. The first-order valence-corrected chi connectivity index (χ1v) is 14.0. The fourth-order valence-electron chi connectivity index (χ4n) is 4.67. The summed E-state index contributed by atoms with van der Waals surface area (Å²) >= 11 is 1.45. The SMILES string of the molecule is CC(C)(C)N(C(=O)O)[C@@H](Cc1ccccc1)C(=O)N[C@@H](Cc1ccc([N+](=O)[O-])cc1)c1csc(-c2ccccc2)n1. The van der Waals surface area contributed by atoms with Crippen LogP contribution >= 0.6 is 11.3 Å². The summed E-state index contributed by atoms with van der Waals surface area (Å²) in [6.45, 7) is 5.27. The van der Waals surface area contributed by atoms with Gasteiger partial charge >= 0.3 is 6.09 Å². The van der Waals surface area contributed by atoms with Crippen molar-refractivity contribution >= 4 is 29.0 Å². The molecule has 10 heteroatoms. The number of nitrogens with zero attached hydrogens (tertiary/aromatic N) is 3. The molecular weight excluding hydrogens is 540 g/mol. The molecule has 0 radical (unpaired) electrons. The van der Waals surface area contributed by atoms with Crippen molar-refractivity contribution in [1.82, 2.24) is 15.2 Å². The number of carbonyl (C=O) groups is 2. The summed E-state index contributed by atoms with van der Waals surface area (Å²) in [4.78, 5) is 43.2. The van der Waals surface area contributed by atoms with Crippen molar-refractivity contribution in [2.45, 2.75) is 51.2 Å². The highest BCUT2D eigenvalue weighted by Gasteiger charge is 2.38. The number of carboxylic acid groups (broad SMARTS) is 1. The fraction of sp³-hybridized carbons (Fsp3) is 0.258. The first-order valence-electron chi connectivity index (χ1n) is 13.1. The van der Waals surface area contributed by atoms with Gasteiger partial charge in [0.1, 0.15) is 11.0 Å². The van der Waals surface area contributed by atoms with Crippen LogP contribution < -0.4 is 5.32 Å². The van der Waals surface area contributed by atoms with Gasteiger partial charge in [-0.05, 0) is 38.3 Å². The smallest absolute Gasteiger partial charge is 0.408 e. The minimum Gasteiger partial charge on any atom is -0.465 e. The predicted octanol–water partition coefficient (Wildman–Crippen LogP) is 6.51. The van der Waals surface area contributed by atoms with Crippen LogP contribution in [0.25, 0.3) is 10.6 Å². The molecule has 2 atom stereocenters. The molecule has 9 nitrogen and oxygen atoms in total. The molecule has 4 rings (SSSR count). The molecule has 2 N–H and O–H groups in total. The van der Waals surface area contributed by atoms with E-state index in [-0.39, 0.29) is 12.1 Å². The topological polar surface area (TPSA) is 126 Å². The highest BCUT2D eigenvalue weighted by atomic mass is 32.1. The molecule has 1 heterocycles. The highest BCUT2D eigenvalue weighted by Crippen LogP contribution is 2.29.